The molecule has 5 N–H and O–H groups in total. The summed E-state index contributed by atoms with van der Waals surface area (Å²) in [5.74, 6) is -0.374. The van der Waals surface area contributed by atoms with Crippen LogP contribution in [0.15, 0.2) is 67.0 Å². The van der Waals surface area contributed by atoms with Crippen molar-refractivity contribution in [3.63, 3.8) is 0 Å². The first-order valence-corrected chi connectivity index (χ1v) is 14.3. The molecule has 2 aromatic heterocycles. The molecular weight excluding hydrogens is 533 g/mol. The third-order valence-corrected chi connectivity index (χ3v) is 7.48. The minimum Gasteiger partial charge on any atom is -0.370 e. The maximum atomic E-state index is 14.7. The number of aromatic nitrogens is 3. The van der Waals surface area contributed by atoms with Gasteiger partial charge in [-0.3, -0.25) is 4.79 Å². The Kier molecular flexibility index (Phi) is 9.14. The van der Waals surface area contributed by atoms with Gasteiger partial charge in [-0.2, -0.15) is 0 Å². The molecule has 1 fully saturated rings. The molecule has 0 radical (unpaired) electrons. The van der Waals surface area contributed by atoms with E-state index < -0.39 is 12.0 Å². The average molecular weight is 572 g/mol. The van der Waals surface area contributed by atoms with E-state index in [4.69, 9.17) is 4.98 Å². The van der Waals surface area contributed by atoms with E-state index in [0.717, 1.165) is 47.0 Å². The second kappa shape index (κ2) is 13.1. The van der Waals surface area contributed by atoms with E-state index in [2.05, 4.69) is 32.0 Å². The lowest BCUT2D eigenvalue weighted by Crippen LogP contribution is -2.42. The van der Waals surface area contributed by atoms with Crippen molar-refractivity contribution < 1.29 is 14.3 Å². The van der Waals surface area contributed by atoms with Gasteiger partial charge in [0.1, 0.15) is 12.0 Å². The molecule has 0 spiro atoms. The number of hydrogen-bond acceptors (Lipinski definition) is 7. The summed E-state index contributed by atoms with van der Waals surface area (Å²) in [4.78, 5) is 27.6. The van der Waals surface area contributed by atoms with Crippen LogP contribution in [-0.2, 0) is 0 Å². The highest BCUT2D eigenvalue weighted by molar-refractivity contribution is 5.95. The molecule has 0 bridgehead atoms. The summed E-state index contributed by atoms with van der Waals surface area (Å²) < 4.78 is 14.7. The van der Waals surface area contributed by atoms with Gasteiger partial charge in [0.05, 0.1) is 11.4 Å². The van der Waals surface area contributed by atoms with Crippen LogP contribution in [0.5, 0.6) is 0 Å². The zero-order chi connectivity index (χ0) is 29.6. The summed E-state index contributed by atoms with van der Waals surface area (Å²) >= 11 is 0. The number of aliphatic hydroxyl groups excluding tert-OH is 1. The van der Waals surface area contributed by atoms with E-state index in [0.29, 0.717) is 18.9 Å². The van der Waals surface area contributed by atoms with E-state index in [-0.39, 0.29) is 29.2 Å². The van der Waals surface area contributed by atoms with Crippen molar-refractivity contribution in [2.24, 2.45) is 0 Å². The van der Waals surface area contributed by atoms with Crippen LogP contribution in [0.25, 0.3) is 22.2 Å². The van der Waals surface area contributed by atoms with Gasteiger partial charge in [-0.1, -0.05) is 24.3 Å². The number of nitrogens with zero attached hydrogens (tertiary/aromatic N) is 3. The van der Waals surface area contributed by atoms with Gasteiger partial charge in [-0.25, -0.2) is 14.4 Å². The molecule has 2 heterocycles. The lowest BCUT2D eigenvalue weighted by atomic mass is 9.91. The molecular formula is C32H38FN7O2. The van der Waals surface area contributed by atoms with Crippen LogP contribution in [0, 0.1) is 12.7 Å². The van der Waals surface area contributed by atoms with Crippen molar-refractivity contribution in [2.45, 2.75) is 50.9 Å². The zero-order valence-electron chi connectivity index (χ0n) is 24.2. The van der Waals surface area contributed by atoms with Gasteiger partial charge in [0.2, 0.25) is 5.95 Å². The number of likely N-dealkylation sites (N-methyl/N-ethyl adjacent to an activating group) is 1. The van der Waals surface area contributed by atoms with Gasteiger partial charge in [0.25, 0.3) is 5.91 Å². The maximum Gasteiger partial charge on any atom is 0.251 e. The number of fused-ring (bicyclic) bond motifs is 1. The summed E-state index contributed by atoms with van der Waals surface area (Å²) in [5.41, 5.74) is 4.32. The van der Waals surface area contributed by atoms with Crippen molar-refractivity contribution in [2.75, 3.05) is 31.3 Å². The Bertz CT molecular complexity index is 1570. The van der Waals surface area contributed by atoms with Crippen LogP contribution < -0.4 is 16.0 Å². The standard InChI is InChI=1S/C32H38FN7O2/c1-20-18-35-32(39-30(20)25-19-34-27-11-5-4-10-24(25)27)37-23-9-6-8-22(17-23)36-31(42)21-13-14-28(26(33)16-21)38-29(41)12-7-15-40(2)3/h4-5,7,10-14,16,18-19,22-23,29,34,38,41H,6,8-9,15,17H2,1-3H3,(H,36,42)(H,35,37,39)/b12-7+/t22-,23+,29?/m0/s1. The SMILES string of the molecule is Cc1cnc(N[C@@H]2CCC[C@H](NC(=O)c3ccc(NC(O)/C=C/CN(C)C)c(F)c3)C2)nc1-c1c[nH]c2ccccc12. The highest BCUT2D eigenvalue weighted by Crippen LogP contribution is 2.30. The first-order chi connectivity index (χ1) is 20.3. The largest absolute Gasteiger partial charge is 0.370 e. The Morgan fingerprint density at radius 3 is 2.83 bits per heavy atom. The Labute approximate surface area is 245 Å². The Balaban J connectivity index is 1.19. The predicted molar refractivity (Wildman–Crippen MR) is 165 cm³/mol. The Morgan fingerprint density at radius 2 is 2.02 bits per heavy atom. The fourth-order valence-electron chi connectivity index (χ4n) is 5.34. The number of rotatable bonds is 10. The first-order valence-electron chi connectivity index (χ1n) is 14.3. The molecule has 0 aliphatic heterocycles. The number of hydrogen-bond donors (Lipinski definition) is 5. The van der Waals surface area contributed by atoms with Gasteiger partial charge < -0.3 is 30.9 Å². The molecule has 4 aromatic rings. The van der Waals surface area contributed by atoms with Crippen molar-refractivity contribution in [3.8, 4) is 11.3 Å². The van der Waals surface area contributed by atoms with Gasteiger partial charge in [0.15, 0.2) is 0 Å². The molecule has 9 nitrogen and oxygen atoms in total. The summed E-state index contributed by atoms with van der Waals surface area (Å²) in [6.07, 6.45) is 9.53. The van der Waals surface area contributed by atoms with Crippen LogP contribution >= 0.6 is 0 Å². The molecule has 3 atom stereocenters. The maximum absolute atomic E-state index is 14.7. The lowest BCUT2D eigenvalue weighted by Gasteiger charge is -2.30. The number of benzene rings is 2. The third-order valence-electron chi connectivity index (χ3n) is 7.48. The van der Waals surface area contributed by atoms with E-state index in [1.165, 1.54) is 12.1 Å². The van der Waals surface area contributed by atoms with Crippen LogP contribution in [0.1, 0.15) is 41.6 Å². The molecule has 1 saturated carbocycles. The first kappa shape index (κ1) is 29.2. The topological polar surface area (TPSA) is 118 Å². The van der Waals surface area contributed by atoms with Gasteiger partial charge in [-0.15, -0.1) is 0 Å². The van der Waals surface area contributed by atoms with Crippen LogP contribution in [0.3, 0.4) is 0 Å². The number of aryl methyl sites for hydroxylation is 1. The normalized spacial score (nSPS) is 18.0. The van der Waals surface area contributed by atoms with Gasteiger partial charge in [0, 0.05) is 53.1 Å². The number of carbonyl (C=O) groups excluding carboxylic acids is 1. The number of aliphatic hydroxyl groups is 1. The van der Waals surface area contributed by atoms with E-state index in [1.807, 2.05) is 56.5 Å². The highest BCUT2D eigenvalue weighted by Gasteiger charge is 2.25. The zero-order valence-corrected chi connectivity index (χ0v) is 24.2. The minimum absolute atomic E-state index is 0.0631. The average Bonchev–Trinajstić information content (AvgIpc) is 3.39. The number of aromatic amines is 1. The summed E-state index contributed by atoms with van der Waals surface area (Å²) in [7, 11) is 3.83. The molecule has 2 aromatic carbocycles. The van der Waals surface area contributed by atoms with Crippen molar-refractivity contribution >= 4 is 28.4 Å². The van der Waals surface area contributed by atoms with Crippen LogP contribution in [0.4, 0.5) is 16.0 Å². The van der Waals surface area contributed by atoms with E-state index in [9.17, 15) is 14.3 Å². The Morgan fingerprint density at radius 1 is 1.21 bits per heavy atom. The fourth-order valence-corrected chi connectivity index (χ4v) is 5.34. The summed E-state index contributed by atoms with van der Waals surface area (Å²) in [6.45, 7) is 2.66. The van der Waals surface area contributed by atoms with Crippen molar-refractivity contribution in [3.05, 3.63) is 84.0 Å². The second-order valence-corrected chi connectivity index (χ2v) is 11.1. The summed E-state index contributed by atoms with van der Waals surface area (Å²) in [6, 6.07) is 12.4. The predicted octanol–water partition coefficient (Wildman–Crippen LogP) is 5.07. The summed E-state index contributed by atoms with van der Waals surface area (Å²) in [5, 5.41) is 20.5. The van der Waals surface area contributed by atoms with Gasteiger partial charge >= 0.3 is 0 Å². The number of carbonyl (C=O) groups is 1. The number of amides is 1. The molecule has 220 valence electrons. The second-order valence-electron chi connectivity index (χ2n) is 11.1. The van der Waals surface area contributed by atoms with Crippen molar-refractivity contribution in [1.82, 2.24) is 25.2 Å². The number of H-pyrrole nitrogens is 1. The van der Waals surface area contributed by atoms with Crippen molar-refractivity contribution in [1.29, 1.82) is 0 Å². The highest BCUT2D eigenvalue weighted by atomic mass is 19.1. The van der Waals surface area contributed by atoms with E-state index in [1.54, 1.807) is 18.2 Å². The number of nitrogens with one attached hydrogen (secondary N) is 4. The number of halogens is 1. The fraction of sp³-hybridized carbons (Fsp3) is 0.344. The monoisotopic (exact) mass is 571 g/mol. The molecule has 10 heteroatoms. The van der Waals surface area contributed by atoms with Gasteiger partial charge in [-0.05, 0) is 82.6 Å². The minimum atomic E-state index is -1.04. The quantitative estimate of drug-likeness (QED) is 0.133. The third kappa shape index (κ3) is 7.13. The molecule has 5 rings (SSSR count). The Hall–Kier alpha value is -4.28. The van der Waals surface area contributed by atoms with Crippen LogP contribution in [-0.4, -0.2) is 69.8 Å². The molecule has 1 unspecified atom stereocenters. The molecule has 1 aliphatic rings. The van der Waals surface area contributed by atoms with E-state index >= 15 is 0 Å². The molecule has 1 amide bonds. The lowest BCUT2D eigenvalue weighted by molar-refractivity contribution is 0.0926. The molecule has 0 saturated heterocycles. The molecule has 1 aliphatic carbocycles. The number of anilines is 2. The molecule has 42 heavy (non-hydrogen) atoms. The number of para-hydroxylation sites is 1. The van der Waals surface area contributed by atoms with Crippen LogP contribution in [0.2, 0.25) is 0 Å². The smallest absolute Gasteiger partial charge is 0.251 e.